The molecule has 1 spiro atoms. The number of benzene rings is 3. The Morgan fingerprint density at radius 3 is 2.47 bits per heavy atom. The molecule has 12 nitrogen and oxygen atoms in total. The van der Waals surface area contributed by atoms with Gasteiger partial charge in [-0.15, -0.1) is 0 Å². The fourth-order valence-electron chi connectivity index (χ4n) is 12.6. The predicted molar refractivity (Wildman–Crippen MR) is 283 cm³/mol. The van der Waals surface area contributed by atoms with Gasteiger partial charge in [0.2, 0.25) is 5.91 Å². The second-order valence-electron chi connectivity index (χ2n) is 21.6. The number of amides is 1. The molecule has 12 heteroatoms. The number of aliphatic hydroxyl groups is 5. The molecule has 11 unspecified atom stereocenters. The first-order valence-electron chi connectivity index (χ1n) is 26.1. The Morgan fingerprint density at radius 2 is 1.68 bits per heavy atom. The Bertz CT molecular complexity index is 2710. The lowest BCUT2D eigenvalue weighted by Crippen LogP contribution is -2.59. The summed E-state index contributed by atoms with van der Waals surface area (Å²) in [5.74, 6) is 4.62. The van der Waals surface area contributed by atoms with Gasteiger partial charge in [-0.05, 0) is 159 Å². The fourth-order valence-corrected chi connectivity index (χ4v) is 12.6. The number of fused-ring (bicyclic) bond motifs is 4. The molecule has 11 atom stereocenters. The average molecular weight is 994 g/mol. The van der Waals surface area contributed by atoms with E-state index in [1.807, 2.05) is 87.5 Å². The van der Waals surface area contributed by atoms with Gasteiger partial charge in [-0.3, -0.25) is 14.9 Å². The molecule has 2 fully saturated rings. The maximum Gasteiger partial charge on any atom is 0.243 e. The SMILES string of the molecule is C=C1C=CC=C(C2CCC3(C4CCC(O)Cc5cccc(c5)CC(Cc5ccc(O)cc5)C(O)CNC5C(=O)NC(N)c6cccc(c65)CC(=O)C(C)=C4CCC3(C)O)C2O)COCC#CCC(C)=CCC1O. The Kier molecular flexibility index (Phi) is 17.2. The van der Waals surface area contributed by atoms with Crippen molar-refractivity contribution in [2.75, 3.05) is 19.8 Å². The number of ether oxygens (including phenoxy) is 1. The molecule has 8 rings (SSSR count). The number of carbonyl (C=O) groups is 2. The minimum atomic E-state index is -1.36. The van der Waals surface area contributed by atoms with E-state index in [2.05, 4.69) is 35.1 Å². The van der Waals surface area contributed by atoms with Gasteiger partial charge in [0.1, 0.15) is 24.6 Å². The van der Waals surface area contributed by atoms with Crippen molar-refractivity contribution in [3.8, 4) is 17.6 Å². The third-order valence-electron chi connectivity index (χ3n) is 16.8. The van der Waals surface area contributed by atoms with Crippen molar-refractivity contribution < 1.29 is 45.0 Å². The molecule has 2 bridgehead atoms. The highest BCUT2D eigenvalue weighted by atomic mass is 16.5. The van der Waals surface area contributed by atoms with Crippen LogP contribution >= 0.6 is 0 Å². The summed E-state index contributed by atoms with van der Waals surface area (Å²) in [5.41, 5.74) is 12.6. The van der Waals surface area contributed by atoms with Crippen molar-refractivity contribution >= 4 is 11.7 Å². The zero-order valence-electron chi connectivity index (χ0n) is 42.7. The largest absolute Gasteiger partial charge is 0.508 e. The van der Waals surface area contributed by atoms with Crippen molar-refractivity contribution in [3.05, 3.63) is 159 Å². The van der Waals surface area contributed by atoms with Crippen LogP contribution in [0.3, 0.4) is 0 Å². The average Bonchev–Trinajstić information content (AvgIpc) is 3.70. The second-order valence-corrected chi connectivity index (χ2v) is 21.6. The number of aliphatic hydroxyl groups excluding tert-OH is 4. The highest BCUT2D eigenvalue weighted by Gasteiger charge is 2.64. The van der Waals surface area contributed by atoms with Crippen molar-refractivity contribution in [2.24, 2.45) is 28.9 Å². The summed E-state index contributed by atoms with van der Waals surface area (Å²) in [5, 5.41) is 77.0. The molecule has 73 heavy (non-hydrogen) atoms. The lowest BCUT2D eigenvalue weighted by atomic mass is 9.52. The maximum absolute atomic E-state index is 15.0. The fraction of sp³-hybridized carbons (Fsp3) is 0.475. The topological polar surface area (TPSA) is 215 Å². The molecule has 3 aromatic rings. The van der Waals surface area contributed by atoms with E-state index in [9.17, 15) is 35.4 Å². The van der Waals surface area contributed by atoms with Crippen LogP contribution in [0.2, 0.25) is 0 Å². The minimum Gasteiger partial charge on any atom is -0.508 e. The molecule has 3 heterocycles. The first-order chi connectivity index (χ1) is 34.9. The van der Waals surface area contributed by atoms with E-state index in [0.717, 1.165) is 33.4 Å². The van der Waals surface area contributed by atoms with Crippen molar-refractivity contribution in [2.45, 2.75) is 140 Å². The Morgan fingerprint density at radius 1 is 0.932 bits per heavy atom. The molecule has 3 aromatic carbocycles. The summed E-state index contributed by atoms with van der Waals surface area (Å²) in [6, 6.07) is 19.6. The van der Waals surface area contributed by atoms with Crippen LogP contribution in [0.4, 0.5) is 0 Å². The highest BCUT2D eigenvalue weighted by molar-refractivity contribution is 5.98. The number of ketones is 1. The number of rotatable bonds is 3. The van der Waals surface area contributed by atoms with Crippen LogP contribution in [0.25, 0.3) is 0 Å². The number of phenols is 1. The van der Waals surface area contributed by atoms with E-state index in [4.69, 9.17) is 10.5 Å². The smallest absolute Gasteiger partial charge is 0.243 e. The number of Topliss-reactive ketones (excluding diaryl/α,β-unsaturated/α-hetero) is 1. The van der Waals surface area contributed by atoms with Gasteiger partial charge in [0.05, 0.1) is 36.6 Å². The number of carbonyl (C=O) groups excluding carboxylic acids is 2. The summed E-state index contributed by atoms with van der Waals surface area (Å²) in [4.78, 5) is 29.0. The van der Waals surface area contributed by atoms with Gasteiger partial charge in [0.25, 0.3) is 0 Å². The molecule has 388 valence electrons. The summed E-state index contributed by atoms with van der Waals surface area (Å²) < 4.78 is 6.16. The number of nitrogens with one attached hydrogen (secondary N) is 2. The number of phenolic OH excluding ortho intramolecular Hbond substituents is 1. The third-order valence-corrected chi connectivity index (χ3v) is 16.8. The molecule has 1 amide bonds. The van der Waals surface area contributed by atoms with Gasteiger partial charge < -0.3 is 46.4 Å². The lowest BCUT2D eigenvalue weighted by Gasteiger charge is -2.56. The van der Waals surface area contributed by atoms with Gasteiger partial charge >= 0.3 is 0 Å². The lowest BCUT2D eigenvalue weighted by molar-refractivity contribution is -0.168. The first-order valence-corrected chi connectivity index (χ1v) is 26.1. The molecular formula is C61H75N3O9. The predicted octanol–water partition coefficient (Wildman–Crippen LogP) is 6.78. The number of hydrogen-bond donors (Lipinski definition) is 9. The van der Waals surface area contributed by atoms with E-state index in [0.29, 0.717) is 98.5 Å². The van der Waals surface area contributed by atoms with Gasteiger partial charge in [-0.1, -0.05) is 108 Å². The Balaban J connectivity index is 1.18. The van der Waals surface area contributed by atoms with E-state index in [1.165, 1.54) is 0 Å². The van der Waals surface area contributed by atoms with Gasteiger partial charge in [-0.25, -0.2) is 0 Å². The van der Waals surface area contributed by atoms with Crippen LogP contribution in [-0.2, 0) is 40.0 Å². The van der Waals surface area contributed by atoms with Crippen molar-refractivity contribution in [1.29, 1.82) is 0 Å². The van der Waals surface area contributed by atoms with E-state index < -0.39 is 59.5 Å². The van der Waals surface area contributed by atoms with Gasteiger partial charge in [0, 0.05) is 30.7 Å². The molecule has 2 aliphatic carbocycles. The molecule has 0 aromatic heterocycles. The van der Waals surface area contributed by atoms with Crippen LogP contribution in [0.1, 0.15) is 118 Å². The number of aromatic hydroxyl groups is 1. The minimum absolute atomic E-state index is 0.0453. The molecular weight excluding hydrogens is 919 g/mol. The van der Waals surface area contributed by atoms with Crippen molar-refractivity contribution in [3.63, 3.8) is 0 Å². The normalized spacial score (nSPS) is 32.2. The molecule has 3 aliphatic heterocycles. The van der Waals surface area contributed by atoms with Crippen molar-refractivity contribution in [1.82, 2.24) is 10.6 Å². The Labute approximate surface area is 430 Å². The molecule has 5 aliphatic rings. The number of allylic oxidation sites excluding steroid dienone is 5. The summed E-state index contributed by atoms with van der Waals surface area (Å²) in [6.45, 7) is 10.2. The molecule has 0 saturated heterocycles. The first kappa shape index (κ1) is 53.8. The summed E-state index contributed by atoms with van der Waals surface area (Å²) >= 11 is 0. The number of nitrogens with two attached hydrogens (primary N) is 1. The van der Waals surface area contributed by atoms with E-state index in [1.54, 1.807) is 18.2 Å². The number of hydrogen-bond acceptors (Lipinski definition) is 11. The van der Waals surface area contributed by atoms with Gasteiger partial charge in [0.15, 0.2) is 5.78 Å². The standard InChI is InChI=1S/C61H75N3O9/c1-37-10-5-6-29-73-36-44(15-7-11-38(2)52(67)24-17-37)49-26-28-61(57(49)70)51-23-22-47(66)33-42-13-8-12-41(30-42)32-45(31-40-18-20-46(65)21-19-40)54(69)35-63-56-55-43(14-9-16-50(55)58(62)64-59(56)71)34-53(68)39(3)48(51)25-27-60(61,4)72/h7-9,11-21,30,45,47,49,51-52,54,56-58,63,65-67,69-70,72H,2,10,22-29,31-36,62H2,1,3-4H3,(H,64,71). The quantitative estimate of drug-likeness (QED) is 0.0986. The maximum atomic E-state index is 15.0. The monoisotopic (exact) mass is 994 g/mol. The molecule has 2 saturated carbocycles. The Hall–Kier alpha value is -5.46. The molecule has 10 N–H and O–H groups in total. The summed E-state index contributed by atoms with van der Waals surface area (Å²) in [6.07, 6.45) is 7.74. The second kappa shape index (κ2) is 23.4. The van der Waals surface area contributed by atoms with Gasteiger partial charge in [-0.2, -0.15) is 0 Å². The van der Waals surface area contributed by atoms with Crippen LogP contribution in [-0.4, -0.2) is 92.1 Å². The highest BCUT2D eigenvalue weighted by Crippen LogP contribution is 2.63. The van der Waals surface area contributed by atoms with E-state index in [-0.39, 0.29) is 49.5 Å². The van der Waals surface area contributed by atoms with Crippen LogP contribution in [0, 0.1) is 35.0 Å². The van der Waals surface area contributed by atoms with Crippen LogP contribution < -0.4 is 16.4 Å². The third kappa shape index (κ3) is 12.1. The number of β-amino-alcohol motifs (C(OH)–C–C–N with tert-alkyl or cyclic N) is 1. The zero-order chi connectivity index (χ0) is 52.0. The van der Waals surface area contributed by atoms with Crippen LogP contribution in [0.15, 0.2) is 125 Å². The summed E-state index contributed by atoms with van der Waals surface area (Å²) in [7, 11) is 0. The van der Waals surface area contributed by atoms with E-state index >= 15 is 4.79 Å². The van der Waals surface area contributed by atoms with Crippen LogP contribution in [0.5, 0.6) is 5.75 Å². The molecule has 0 radical (unpaired) electrons. The zero-order valence-corrected chi connectivity index (χ0v) is 42.7.